The van der Waals surface area contributed by atoms with Gasteiger partial charge in [-0.05, 0) is 30.0 Å². The quantitative estimate of drug-likeness (QED) is 0.858. The van der Waals surface area contributed by atoms with E-state index in [0.717, 1.165) is 5.56 Å². The molecule has 2 rings (SSSR count). The first kappa shape index (κ1) is 13.3. The van der Waals surface area contributed by atoms with E-state index in [0.29, 0.717) is 37.6 Å². The molecule has 0 bridgehead atoms. The van der Waals surface area contributed by atoms with Crippen LogP contribution in [-0.2, 0) is 11.2 Å². The maximum Gasteiger partial charge on any atom is 0.123 e. The van der Waals surface area contributed by atoms with E-state index >= 15 is 0 Å². The van der Waals surface area contributed by atoms with E-state index < -0.39 is 5.60 Å². The van der Waals surface area contributed by atoms with Crippen LogP contribution in [0.1, 0.15) is 32.3 Å². The van der Waals surface area contributed by atoms with Crippen LogP contribution in [0.25, 0.3) is 0 Å². The van der Waals surface area contributed by atoms with Gasteiger partial charge in [-0.15, -0.1) is 0 Å². The van der Waals surface area contributed by atoms with Crippen molar-refractivity contribution in [2.24, 2.45) is 5.92 Å². The van der Waals surface area contributed by atoms with Crippen LogP contribution < -0.4 is 5.73 Å². The summed E-state index contributed by atoms with van der Waals surface area (Å²) < 4.78 is 5.70. The molecule has 4 heteroatoms. The van der Waals surface area contributed by atoms with Gasteiger partial charge in [0, 0.05) is 25.6 Å². The number of hydrogen-bond donors (Lipinski definition) is 2. The maximum absolute atomic E-state index is 10.7. The summed E-state index contributed by atoms with van der Waals surface area (Å²) in [4.78, 5) is 3.97. The molecular weight excluding hydrogens is 228 g/mol. The van der Waals surface area contributed by atoms with Crippen molar-refractivity contribution in [1.29, 1.82) is 0 Å². The van der Waals surface area contributed by atoms with Gasteiger partial charge in [0.1, 0.15) is 5.82 Å². The number of pyridine rings is 1. The molecular formula is C14H22N2O2. The van der Waals surface area contributed by atoms with Crippen molar-refractivity contribution in [3.8, 4) is 0 Å². The average Bonchev–Trinajstić information content (AvgIpc) is 2.28. The van der Waals surface area contributed by atoms with Crippen LogP contribution in [0.4, 0.5) is 5.82 Å². The predicted molar refractivity (Wildman–Crippen MR) is 71.1 cm³/mol. The van der Waals surface area contributed by atoms with Crippen molar-refractivity contribution in [3.05, 3.63) is 23.9 Å². The number of rotatable bonds is 3. The summed E-state index contributed by atoms with van der Waals surface area (Å²) in [5, 5.41) is 10.7. The lowest BCUT2D eigenvalue weighted by molar-refractivity contribution is -0.116. The summed E-state index contributed by atoms with van der Waals surface area (Å²) in [6.07, 6.45) is 3.81. The molecule has 1 aliphatic heterocycles. The zero-order chi connectivity index (χ0) is 13.2. The van der Waals surface area contributed by atoms with Gasteiger partial charge in [0.25, 0.3) is 0 Å². The van der Waals surface area contributed by atoms with Crippen LogP contribution in [0.2, 0.25) is 0 Å². The summed E-state index contributed by atoms with van der Waals surface area (Å²) in [7, 11) is 0. The summed E-state index contributed by atoms with van der Waals surface area (Å²) in [5.74, 6) is 0.933. The first-order valence-corrected chi connectivity index (χ1v) is 6.53. The summed E-state index contributed by atoms with van der Waals surface area (Å²) in [5.41, 5.74) is 6.02. The van der Waals surface area contributed by atoms with Gasteiger partial charge in [-0.25, -0.2) is 4.98 Å². The molecule has 2 unspecified atom stereocenters. The van der Waals surface area contributed by atoms with Gasteiger partial charge < -0.3 is 15.6 Å². The predicted octanol–water partition coefficient (Wildman–Crippen LogP) is 1.77. The second kappa shape index (κ2) is 5.24. The highest BCUT2D eigenvalue weighted by Crippen LogP contribution is 2.31. The smallest absolute Gasteiger partial charge is 0.123 e. The molecule has 2 atom stereocenters. The van der Waals surface area contributed by atoms with Gasteiger partial charge >= 0.3 is 0 Å². The van der Waals surface area contributed by atoms with Gasteiger partial charge in [0.15, 0.2) is 0 Å². The SMILES string of the molecule is CC(C)C1CC(O)(Cc2ccnc(N)c2)CCO1. The molecule has 1 saturated heterocycles. The highest BCUT2D eigenvalue weighted by atomic mass is 16.5. The van der Waals surface area contributed by atoms with Crippen LogP contribution in [-0.4, -0.2) is 28.4 Å². The Balaban J connectivity index is 2.07. The van der Waals surface area contributed by atoms with E-state index in [-0.39, 0.29) is 6.10 Å². The lowest BCUT2D eigenvalue weighted by Gasteiger charge is -2.38. The summed E-state index contributed by atoms with van der Waals surface area (Å²) in [6.45, 7) is 4.88. The van der Waals surface area contributed by atoms with Crippen molar-refractivity contribution >= 4 is 5.82 Å². The Kier molecular flexibility index (Phi) is 3.88. The molecule has 1 fully saturated rings. The van der Waals surface area contributed by atoms with Gasteiger partial charge in [0.05, 0.1) is 11.7 Å². The molecule has 1 aromatic rings. The Labute approximate surface area is 108 Å². The first-order chi connectivity index (χ1) is 8.48. The third-order valence-corrected chi connectivity index (χ3v) is 3.60. The number of nitrogens with zero attached hydrogens (tertiary/aromatic N) is 1. The highest BCUT2D eigenvalue weighted by Gasteiger charge is 2.36. The number of hydrogen-bond acceptors (Lipinski definition) is 4. The van der Waals surface area contributed by atoms with E-state index in [1.54, 1.807) is 6.20 Å². The second-order valence-corrected chi connectivity index (χ2v) is 5.60. The fourth-order valence-electron chi connectivity index (χ4n) is 2.51. The van der Waals surface area contributed by atoms with Crippen molar-refractivity contribution in [3.63, 3.8) is 0 Å². The summed E-state index contributed by atoms with van der Waals surface area (Å²) >= 11 is 0. The minimum Gasteiger partial charge on any atom is -0.389 e. The summed E-state index contributed by atoms with van der Waals surface area (Å²) in [6, 6.07) is 3.74. The van der Waals surface area contributed by atoms with E-state index in [2.05, 4.69) is 18.8 Å². The fourth-order valence-corrected chi connectivity index (χ4v) is 2.51. The minimum absolute atomic E-state index is 0.142. The molecule has 0 amide bonds. The Bertz CT molecular complexity index is 409. The molecule has 0 spiro atoms. The molecule has 3 N–H and O–H groups in total. The topological polar surface area (TPSA) is 68.4 Å². The Hall–Kier alpha value is -1.13. The normalized spacial score (nSPS) is 28.6. The molecule has 18 heavy (non-hydrogen) atoms. The third-order valence-electron chi connectivity index (χ3n) is 3.60. The van der Waals surface area contributed by atoms with E-state index in [1.165, 1.54) is 0 Å². The largest absolute Gasteiger partial charge is 0.389 e. The molecule has 4 nitrogen and oxygen atoms in total. The zero-order valence-electron chi connectivity index (χ0n) is 11.1. The molecule has 0 aromatic carbocycles. The number of aliphatic hydroxyl groups is 1. The van der Waals surface area contributed by atoms with Crippen molar-refractivity contribution in [2.45, 2.75) is 44.8 Å². The molecule has 0 aliphatic carbocycles. The van der Waals surface area contributed by atoms with Crippen LogP contribution in [0.3, 0.4) is 0 Å². The molecule has 0 radical (unpaired) electrons. The molecule has 100 valence electrons. The van der Waals surface area contributed by atoms with Gasteiger partial charge in [-0.2, -0.15) is 0 Å². The Morgan fingerprint density at radius 1 is 1.61 bits per heavy atom. The van der Waals surface area contributed by atoms with Gasteiger partial charge in [-0.3, -0.25) is 0 Å². The average molecular weight is 250 g/mol. The van der Waals surface area contributed by atoms with Crippen molar-refractivity contribution in [2.75, 3.05) is 12.3 Å². The molecule has 1 aliphatic rings. The van der Waals surface area contributed by atoms with Gasteiger partial charge in [-0.1, -0.05) is 13.8 Å². The van der Waals surface area contributed by atoms with Gasteiger partial charge in [0.2, 0.25) is 0 Å². The number of ether oxygens (including phenoxy) is 1. The maximum atomic E-state index is 10.7. The lowest BCUT2D eigenvalue weighted by Crippen LogP contribution is -2.44. The number of aromatic nitrogens is 1. The van der Waals surface area contributed by atoms with E-state index in [9.17, 15) is 5.11 Å². The van der Waals surface area contributed by atoms with Crippen molar-refractivity contribution < 1.29 is 9.84 Å². The zero-order valence-corrected chi connectivity index (χ0v) is 11.1. The second-order valence-electron chi connectivity index (χ2n) is 5.60. The molecule has 0 saturated carbocycles. The lowest BCUT2D eigenvalue weighted by atomic mass is 9.82. The van der Waals surface area contributed by atoms with E-state index in [4.69, 9.17) is 10.5 Å². The fraction of sp³-hybridized carbons (Fsp3) is 0.643. The van der Waals surface area contributed by atoms with E-state index in [1.807, 2.05) is 12.1 Å². The van der Waals surface area contributed by atoms with Crippen LogP contribution in [0, 0.1) is 5.92 Å². The molecule has 1 aromatic heterocycles. The number of nitrogen functional groups attached to an aromatic ring is 1. The molecule has 2 heterocycles. The monoisotopic (exact) mass is 250 g/mol. The Morgan fingerprint density at radius 2 is 2.39 bits per heavy atom. The van der Waals surface area contributed by atoms with Crippen molar-refractivity contribution in [1.82, 2.24) is 4.98 Å². The van der Waals surface area contributed by atoms with Crippen LogP contribution in [0.15, 0.2) is 18.3 Å². The van der Waals surface area contributed by atoms with Crippen LogP contribution in [0.5, 0.6) is 0 Å². The van der Waals surface area contributed by atoms with Crippen LogP contribution >= 0.6 is 0 Å². The standard InChI is InChI=1S/C14H22N2O2/c1-10(2)12-9-14(17,4-6-18-12)8-11-3-5-16-13(15)7-11/h3,5,7,10,12,17H,4,6,8-9H2,1-2H3,(H2,15,16). The Morgan fingerprint density at radius 3 is 3.06 bits per heavy atom. The first-order valence-electron chi connectivity index (χ1n) is 6.53. The minimum atomic E-state index is -0.680. The number of nitrogens with two attached hydrogens (primary N) is 1. The highest BCUT2D eigenvalue weighted by molar-refractivity contribution is 5.32. The third kappa shape index (κ3) is 3.21. The number of anilines is 1.